The van der Waals surface area contributed by atoms with Gasteiger partial charge in [-0.3, -0.25) is 0 Å². The maximum Gasteiger partial charge on any atom is 1.00 e. The fourth-order valence-corrected chi connectivity index (χ4v) is 1.73. The molecule has 0 aliphatic heterocycles. The summed E-state index contributed by atoms with van der Waals surface area (Å²) in [5, 5.41) is 0. The zero-order valence-electron chi connectivity index (χ0n) is 12.7. The Morgan fingerprint density at radius 1 is 1.05 bits per heavy atom. The molecule has 0 atom stereocenters. The third kappa shape index (κ3) is 8.59. The standard InChI is InChI=1S/C13H19BF3O3.K/c1-11-10-12(4-5-13(11)14(15,16)17)20-9-8-19-7-3-6-18-2;/h4-5,10H,3,6-9H2,1-2H3;/q-1;+1. The first kappa shape index (κ1) is 21.4. The van der Waals surface area contributed by atoms with Gasteiger partial charge >= 0.3 is 58.4 Å². The molecule has 0 amide bonds. The quantitative estimate of drug-likeness (QED) is 0.451. The van der Waals surface area contributed by atoms with Crippen molar-refractivity contribution in [2.45, 2.75) is 13.3 Å². The second kappa shape index (κ2) is 11.0. The summed E-state index contributed by atoms with van der Waals surface area (Å²) in [6, 6.07) is 3.79. The van der Waals surface area contributed by atoms with Gasteiger partial charge in [-0.1, -0.05) is 11.6 Å². The molecule has 0 heterocycles. The molecule has 0 aromatic heterocycles. The van der Waals surface area contributed by atoms with E-state index in [2.05, 4.69) is 0 Å². The van der Waals surface area contributed by atoms with Crippen LogP contribution in [-0.4, -0.2) is 40.5 Å². The zero-order chi connectivity index (χ0) is 15.0. The first-order valence-electron chi connectivity index (χ1n) is 6.45. The van der Waals surface area contributed by atoms with Crippen LogP contribution in [0.3, 0.4) is 0 Å². The largest absolute Gasteiger partial charge is 1.00 e. The van der Waals surface area contributed by atoms with Crippen molar-refractivity contribution in [3.8, 4) is 5.75 Å². The number of aryl methyl sites for hydroxylation is 1. The van der Waals surface area contributed by atoms with E-state index < -0.39 is 12.4 Å². The van der Waals surface area contributed by atoms with Gasteiger partial charge in [-0.05, 0) is 25.5 Å². The Hall–Kier alpha value is 0.431. The predicted molar refractivity (Wildman–Crippen MR) is 72.7 cm³/mol. The van der Waals surface area contributed by atoms with Gasteiger partial charge in [-0.15, -0.1) is 5.46 Å². The molecule has 0 unspecified atom stereocenters. The number of ether oxygens (including phenoxy) is 3. The smallest absolute Gasteiger partial charge is 0.491 e. The van der Waals surface area contributed by atoms with E-state index in [0.29, 0.717) is 32.2 Å². The fourth-order valence-electron chi connectivity index (χ4n) is 1.73. The van der Waals surface area contributed by atoms with Crippen LogP contribution in [0.4, 0.5) is 12.9 Å². The summed E-state index contributed by atoms with van der Waals surface area (Å²) in [6.45, 7) is -1.62. The second-order valence-electron chi connectivity index (χ2n) is 4.40. The van der Waals surface area contributed by atoms with Crippen molar-refractivity contribution >= 4 is 12.4 Å². The van der Waals surface area contributed by atoms with Gasteiger partial charge in [0.05, 0.1) is 6.61 Å². The number of hydrogen-bond donors (Lipinski definition) is 0. The molecular formula is C13H19BF3KO3. The van der Waals surface area contributed by atoms with E-state index in [1.807, 2.05) is 0 Å². The molecule has 0 N–H and O–H groups in total. The molecule has 8 heteroatoms. The maximum absolute atomic E-state index is 12.6. The van der Waals surface area contributed by atoms with Crippen LogP contribution in [-0.2, 0) is 9.47 Å². The molecule has 0 saturated carbocycles. The van der Waals surface area contributed by atoms with Crippen molar-refractivity contribution in [1.82, 2.24) is 0 Å². The summed E-state index contributed by atoms with van der Waals surface area (Å²) in [6.07, 6.45) is 0.804. The van der Waals surface area contributed by atoms with Crippen molar-refractivity contribution in [1.29, 1.82) is 0 Å². The number of benzene rings is 1. The van der Waals surface area contributed by atoms with Crippen LogP contribution in [0.15, 0.2) is 18.2 Å². The van der Waals surface area contributed by atoms with Crippen molar-refractivity contribution < 1.29 is 78.5 Å². The molecule has 0 saturated heterocycles. The van der Waals surface area contributed by atoms with E-state index in [-0.39, 0.29) is 56.9 Å². The minimum atomic E-state index is -4.97. The third-order valence-corrected chi connectivity index (χ3v) is 2.73. The molecule has 0 fully saturated rings. The van der Waals surface area contributed by atoms with Crippen LogP contribution < -0.4 is 61.6 Å². The Morgan fingerprint density at radius 3 is 2.33 bits per heavy atom. The van der Waals surface area contributed by atoms with Gasteiger partial charge in [0.1, 0.15) is 12.4 Å². The minimum absolute atomic E-state index is 0. The van der Waals surface area contributed by atoms with Crippen LogP contribution in [0, 0.1) is 6.92 Å². The number of rotatable bonds is 9. The van der Waals surface area contributed by atoms with Crippen molar-refractivity contribution in [3.05, 3.63) is 23.8 Å². The molecule has 0 spiro atoms. The fraction of sp³-hybridized carbons (Fsp3) is 0.538. The van der Waals surface area contributed by atoms with Gasteiger partial charge in [0, 0.05) is 20.3 Å². The number of methoxy groups -OCH3 is 1. The molecule has 1 aromatic rings. The SMILES string of the molecule is COCCCOCCOc1ccc([B-](F)(F)F)c(C)c1.[K+]. The molecule has 0 bridgehead atoms. The summed E-state index contributed by atoms with van der Waals surface area (Å²) < 4.78 is 53.4. The molecular weight excluding hydrogens is 311 g/mol. The first-order chi connectivity index (χ1) is 9.45. The maximum atomic E-state index is 12.6. The topological polar surface area (TPSA) is 27.7 Å². The van der Waals surface area contributed by atoms with Crippen LogP contribution >= 0.6 is 0 Å². The average Bonchev–Trinajstić information content (AvgIpc) is 2.36. The van der Waals surface area contributed by atoms with E-state index in [1.165, 1.54) is 19.1 Å². The van der Waals surface area contributed by atoms with Gasteiger partial charge in [-0.2, -0.15) is 0 Å². The van der Waals surface area contributed by atoms with Crippen molar-refractivity contribution in [2.24, 2.45) is 0 Å². The normalized spacial score (nSPS) is 11.1. The van der Waals surface area contributed by atoms with Crippen LogP contribution in [0.1, 0.15) is 12.0 Å². The van der Waals surface area contributed by atoms with Crippen molar-refractivity contribution in [2.75, 3.05) is 33.5 Å². The molecule has 0 aliphatic carbocycles. The van der Waals surface area contributed by atoms with E-state index in [4.69, 9.17) is 14.2 Å². The van der Waals surface area contributed by atoms with E-state index in [9.17, 15) is 12.9 Å². The van der Waals surface area contributed by atoms with Crippen LogP contribution in [0.5, 0.6) is 5.75 Å². The molecule has 0 radical (unpaired) electrons. The monoisotopic (exact) mass is 330 g/mol. The third-order valence-electron chi connectivity index (χ3n) is 2.73. The predicted octanol–water partition coefficient (Wildman–Crippen LogP) is -0.515. The van der Waals surface area contributed by atoms with E-state index in [1.54, 1.807) is 7.11 Å². The molecule has 1 rings (SSSR count). The van der Waals surface area contributed by atoms with Crippen molar-refractivity contribution in [3.63, 3.8) is 0 Å². The zero-order valence-corrected chi connectivity index (χ0v) is 15.8. The molecule has 21 heavy (non-hydrogen) atoms. The van der Waals surface area contributed by atoms with Gasteiger partial charge in [-0.25, -0.2) is 0 Å². The van der Waals surface area contributed by atoms with E-state index >= 15 is 0 Å². The summed E-state index contributed by atoms with van der Waals surface area (Å²) in [7, 11) is 1.62. The Bertz CT molecular complexity index is 416. The van der Waals surface area contributed by atoms with Crippen LogP contribution in [0.2, 0.25) is 0 Å². The molecule has 114 valence electrons. The average molecular weight is 330 g/mol. The second-order valence-corrected chi connectivity index (χ2v) is 4.40. The van der Waals surface area contributed by atoms with Gasteiger partial charge in [0.15, 0.2) is 0 Å². The van der Waals surface area contributed by atoms with Crippen LogP contribution in [0.25, 0.3) is 0 Å². The number of halogens is 3. The summed E-state index contributed by atoms with van der Waals surface area (Å²) >= 11 is 0. The Morgan fingerprint density at radius 2 is 1.76 bits per heavy atom. The first-order valence-corrected chi connectivity index (χ1v) is 6.45. The van der Waals surface area contributed by atoms with Gasteiger partial charge in [0.2, 0.25) is 0 Å². The van der Waals surface area contributed by atoms with Gasteiger partial charge < -0.3 is 27.2 Å². The Labute approximate surface area is 166 Å². The number of hydrogen-bond acceptors (Lipinski definition) is 3. The summed E-state index contributed by atoms with van der Waals surface area (Å²) in [5.41, 5.74) is -0.399. The summed E-state index contributed by atoms with van der Waals surface area (Å²) in [5.74, 6) is 0.423. The van der Waals surface area contributed by atoms with E-state index in [0.717, 1.165) is 12.5 Å². The summed E-state index contributed by atoms with van der Waals surface area (Å²) in [4.78, 5) is 0. The Balaban J connectivity index is 0.00000400. The molecule has 1 aromatic carbocycles. The minimum Gasteiger partial charge on any atom is -0.491 e. The molecule has 3 nitrogen and oxygen atoms in total. The Kier molecular flexibility index (Phi) is 11.3. The van der Waals surface area contributed by atoms with Gasteiger partial charge in [0.25, 0.3) is 0 Å². The molecule has 0 aliphatic rings.